The molecule has 4 nitrogen and oxygen atoms in total. The zero-order chi connectivity index (χ0) is 15.6. The molecule has 1 aliphatic carbocycles. The van der Waals surface area contributed by atoms with E-state index < -0.39 is 10.0 Å². The molecule has 0 saturated heterocycles. The van der Waals surface area contributed by atoms with Gasteiger partial charge < -0.3 is 4.74 Å². The summed E-state index contributed by atoms with van der Waals surface area (Å²) >= 11 is 0. The average Bonchev–Trinajstić information content (AvgIpc) is 2.44. The smallest absolute Gasteiger partial charge is 0.244 e. The maximum absolute atomic E-state index is 12.7. The number of methoxy groups -OCH3 is 1. The zero-order valence-corrected chi connectivity index (χ0v) is 14.0. The third-order valence-electron chi connectivity index (χ3n) is 4.62. The monoisotopic (exact) mass is 311 g/mol. The third kappa shape index (κ3) is 3.58. The summed E-state index contributed by atoms with van der Waals surface area (Å²) in [7, 11) is -2.06. The summed E-state index contributed by atoms with van der Waals surface area (Å²) in [5.41, 5.74) is 0.904. The Kier molecular flexibility index (Phi) is 4.94. The Balaban J connectivity index is 2.28. The van der Waals surface area contributed by atoms with Crippen molar-refractivity contribution >= 4 is 10.0 Å². The van der Waals surface area contributed by atoms with Crippen molar-refractivity contribution in [2.75, 3.05) is 7.11 Å². The second-order valence-electron chi connectivity index (χ2n) is 6.15. The molecule has 0 aliphatic heterocycles. The van der Waals surface area contributed by atoms with Gasteiger partial charge in [-0.1, -0.05) is 32.8 Å². The summed E-state index contributed by atoms with van der Waals surface area (Å²) in [6, 6.07) is 5.22. The highest BCUT2D eigenvalue weighted by Gasteiger charge is 2.31. The molecule has 0 aromatic heterocycles. The van der Waals surface area contributed by atoms with Gasteiger partial charge in [0.05, 0.1) is 7.11 Å². The summed E-state index contributed by atoms with van der Waals surface area (Å²) in [6.07, 6.45) is 3.15. The van der Waals surface area contributed by atoms with Gasteiger partial charge in [-0.15, -0.1) is 0 Å². The molecule has 1 aromatic rings. The second-order valence-corrected chi connectivity index (χ2v) is 7.83. The number of hydrogen-bond acceptors (Lipinski definition) is 3. The molecular weight excluding hydrogens is 286 g/mol. The molecule has 5 heteroatoms. The first-order valence-corrected chi connectivity index (χ1v) is 9.00. The Bertz CT molecular complexity index is 598. The molecule has 1 aliphatic rings. The van der Waals surface area contributed by atoms with E-state index in [2.05, 4.69) is 18.6 Å². The molecule has 118 valence electrons. The Morgan fingerprint density at radius 1 is 1.24 bits per heavy atom. The van der Waals surface area contributed by atoms with Crippen LogP contribution in [0, 0.1) is 18.8 Å². The van der Waals surface area contributed by atoms with Crippen molar-refractivity contribution in [3.63, 3.8) is 0 Å². The highest BCUT2D eigenvalue weighted by Crippen LogP contribution is 2.32. The van der Waals surface area contributed by atoms with Crippen LogP contribution in [0.2, 0.25) is 0 Å². The fraction of sp³-hybridized carbons (Fsp3) is 0.625. The Labute approximate surface area is 127 Å². The van der Waals surface area contributed by atoms with E-state index in [1.165, 1.54) is 13.5 Å². The maximum atomic E-state index is 12.7. The van der Waals surface area contributed by atoms with Crippen LogP contribution in [0.4, 0.5) is 0 Å². The Hall–Kier alpha value is -1.07. The van der Waals surface area contributed by atoms with Gasteiger partial charge in [0.15, 0.2) is 0 Å². The first kappa shape index (κ1) is 16.3. The van der Waals surface area contributed by atoms with Gasteiger partial charge in [-0.25, -0.2) is 13.1 Å². The van der Waals surface area contributed by atoms with E-state index in [1.54, 1.807) is 12.1 Å². The van der Waals surface area contributed by atoms with Crippen LogP contribution < -0.4 is 9.46 Å². The molecule has 0 radical (unpaired) electrons. The van der Waals surface area contributed by atoms with Gasteiger partial charge in [0.2, 0.25) is 10.0 Å². The fourth-order valence-corrected chi connectivity index (χ4v) is 4.62. The van der Waals surface area contributed by atoms with Crippen LogP contribution in [-0.2, 0) is 10.0 Å². The molecule has 0 heterocycles. The van der Waals surface area contributed by atoms with Gasteiger partial charge >= 0.3 is 0 Å². The minimum Gasteiger partial charge on any atom is -0.495 e. The van der Waals surface area contributed by atoms with Crippen LogP contribution in [0.5, 0.6) is 5.75 Å². The molecule has 1 N–H and O–H groups in total. The first-order valence-electron chi connectivity index (χ1n) is 7.52. The van der Waals surface area contributed by atoms with Crippen molar-refractivity contribution in [2.24, 2.45) is 11.8 Å². The van der Waals surface area contributed by atoms with Crippen LogP contribution >= 0.6 is 0 Å². The second kappa shape index (κ2) is 6.36. The van der Waals surface area contributed by atoms with Crippen LogP contribution in [-0.4, -0.2) is 21.6 Å². The van der Waals surface area contributed by atoms with Gasteiger partial charge in [0, 0.05) is 6.04 Å². The Morgan fingerprint density at radius 2 is 1.95 bits per heavy atom. The molecule has 0 amide bonds. The number of aryl methyl sites for hydroxylation is 1. The lowest BCUT2D eigenvalue weighted by Gasteiger charge is -2.34. The lowest BCUT2D eigenvalue weighted by atomic mass is 9.78. The largest absolute Gasteiger partial charge is 0.495 e. The molecule has 0 bridgehead atoms. The summed E-state index contributed by atoms with van der Waals surface area (Å²) in [5.74, 6) is 1.29. The van der Waals surface area contributed by atoms with Crippen LogP contribution in [0.25, 0.3) is 0 Å². The van der Waals surface area contributed by atoms with E-state index in [1.807, 2.05) is 13.0 Å². The van der Waals surface area contributed by atoms with Crippen molar-refractivity contribution in [3.8, 4) is 5.75 Å². The summed E-state index contributed by atoms with van der Waals surface area (Å²) < 4.78 is 33.5. The SMILES string of the molecule is COc1ccc(C)cc1S(=O)(=O)N[C@H]1CCC[C@H](C)[C@@H]1C. The van der Waals surface area contributed by atoms with Crippen molar-refractivity contribution in [1.82, 2.24) is 4.72 Å². The Morgan fingerprint density at radius 3 is 2.62 bits per heavy atom. The zero-order valence-electron chi connectivity index (χ0n) is 13.2. The van der Waals surface area contributed by atoms with Crippen molar-refractivity contribution in [3.05, 3.63) is 23.8 Å². The van der Waals surface area contributed by atoms with Crippen molar-refractivity contribution < 1.29 is 13.2 Å². The molecule has 1 saturated carbocycles. The molecule has 21 heavy (non-hydrogen) atoms. The topological polar surface area (TPSA) is 55.4 Å². The van der Waals surface area contributed by atoms with E-state index in [9.17, 15) is 8.42 Å². The van der Waals surface area contributed by atoms with Gasteiger partial charge in [0.1, 0.15) is 10.6 Å². The molecule has 2 rings (SSSR count). The molecular formula is C16H25NO3S. The van der Waals surface area contributed by atoms with Gasteiger partial charge in [-0.3, -0.25) is 0 Å². The minimum atomic E-state index is -3.56. The summed E-state index contributed by atoms with van der Waals surface area (Å²) in [6.45, 7) is 6.20. The number of ether oxygens (including phenoxy) is 1. The van der Waals surface area contributed by atoms with E-state index in [0.29, 0.717) is 17.6 Å². The number of rotatable bonds is 4. The maximum Gasteiger partial charge on any atom is 0.244 e. The number of benzene rings is 1. The minimum absolute atomic E-state index is 0.00367. The van der Waals surface area contributed by atoms with Crippen molar-refractivity contribution in [1.29, 1.82) is 0 Å². The lowest BCUT2D eigenvalue weighted by molar-refractivity contribution is 0.227. The standard InChI is InChI=1S/C16H25NO3S/c1-11-8-9-15(20-4)16(10-11)21(18,19)17-14-7-5-6-12(2)13(14)3/h8-10,12-14,17H,5-7H2,1-4H3/t12-,13-,14-/m0/s1. The predicted octanol–water partition coefficient (Wildman–Crippen LogP) is 3.11. The van der Waals surface area contributed by atoms with E-state index in [0.717, 1.165) is 18.4 Å². The van der Waals surface area contributed by atoms with Crippen molar-refractivity contribution in [2.45, 2.75) is 51.0 Å². The van der Waals surface area contributed by atoms with Gasteiger partial charge in [0.25, 0.3) is 0 Å². The van der Waals surface area contributed by atoms with Crippen LogP contribution in [0.3, 0.4) is 0 Å². The number of nitrogens with one attached hydrogen (secondary N) is 1. The van der Waals surface area contributed by atoms with E-state index in [-0.39, 0.29) is 10.9 Å². The van der Waals surface area contributed by atoms with Crippen LogP contribution in [0.1, 0.15) is 38.7 Å². The van der Waals surface area contributed by atoms with E-state index in [4.69, 9.17) is 4.74 Å². The lowest BCUT2D eigenvalue weighted by Crippen LogP contribution is -2.43. The molecule has 0 spiro atoms. The van der Waals surface area contributed by atoms with Gasteiger partial charge in [-0.2, -0.15) is 0 Å². The fourth-order valence-electron chi connectivity index (χ4n) is 3.01. The average molecular weight is 311 g/mol. The first-order chi connectivity index (χ1) is 9.85. The molecule has 3 atom stereocenters. The normalized spacial score (nSPS) is 26.6. The number of hydrogen-bond donors (Lipinski definition) is 1. The van der Waals surface area contributed by atoms with Crippen LogP contribution in [0.15, 0.2) is 23.1 Å². The predicted molar refractivity (Wildman–Crippen MR) is 84.0 cm³/mol. The summed E-state index contributed by atoms with van der Waals surface area (Å²) in [4.78, 5) is 0.232. The molecule has 0 unspecified atom stereocenters. The van der Waals surface area contributed by atoms with E-state index >= 15 is 0 Å². The molecule has 1 aromatic carbocycles. The molecule has 1 fully saturated rings. The highest BCUT2D eigenvalue weighted by molar-refractivity contribution is 7.89. The van der Waals surface area contributed by atoms with Gasteiger partial charge in [-0.05, 0) is 42.9 Å². The quantitative estimate of drug-likeness (QED) is 0.929. The number of sulfonamides is 1. The summed E-state index contributed by atoms with van der Waals surface area (Å²) in [5, 5.41) is 0. The third-order valence-corrected chi connectivity index (χ3v) is 6.13. The highest BCUT2D eigenvalue weighted by atomic mass is 32.2.